The highest BCUT2D eigenvalue weighted by Crippen LogP contribution is 2.23. The van der Waals surface area contributed by atoms with Gasteiger partial charge in [-0.1, -0.05) is 25.6 Å². The fourth-order valence-corrected chi connectivity index (χ4v) is 2.54. The van der Waals surface area contributed by atoms with E-state index >= 15 is 0 Å². The molecule has 0 bridgehead atoms. The fraction of sp³-hybridized carbons (Fsp3) is 0.357. The SMILES string of the molecule is CC(C)Sc1ncc(C(=O)N(C)c2cccnc2)n1C. The number of hydrogen-bond donors (Lipinski definition) is 0. The van der Waals surface area contributed by atoms with Gasteiger partial charge in [0, 0.05) is 25.5 Å². The van der Waals surface area contributed by atoms with Gasteiger partial charge in [-0.25, -0.2) is 4.98 Å². The smallest absolute Gasteiger partial charge is 0.276 e. The van der Waals surface area contributed by atoms with Gasteiger partial charge in [0.05, 0.1) is 18.1 Å². The van der Waals surface area contributed by atoms with E-state index in [1.807, 2.05) is 23.7 Å². The minimum absolute atomic E-state index is 0.0939. The first-order chi connectivity index (χ1) is 9.50. The Bertz CT molecular complexity index is 594. The van der Waals surface area contributed by atoms with Gasteiger partial charge in [0.25, 0.3) is 5.91 Å². The Balaban J connectivity index is 2.24. The summed E-state index contributed by atoms with van der Waals surface area (Å²) in [6, 6.07) is 3.66. The first kappa shape index (κ1) is 14.6. The van der Waals surface area contributed by atoms with Crippen LogP contribution in [0.25, 0.3) is 0 Å². The zero-order valence-corrected chi connectivity index (χ0v) is 12.9. The lowest BCUT2D eigenvalue weighted by atomic mass is 10.3. The maximum atomic E-state index is 12.5. The van der Waals surface area contributed by atoms with Gasteiger partial charge in [0.1, 0.15) is 5.69 Å². The van der Waals surface area contributed by atoms with Crippen molar-refractivity contribution in [3.8, 4) is 0 Å². The summed E-state index contributed by atoms with van der Waals surface area (Å²) >= 11 is 1.64. The molecule has 0 aliphatic carbocycles. The normalized spacial score (nSPS) is 10.8. The number of hydrogen-bond acceptors (Lipinski definition) is 4. The number of aromatic nitrogens is 3. The van der Waals surface area contributed by atoms with Crippen LogP contribution in [0.5, 0.6) is 0 Å². The third-order valence-electron chi connectivity index (χ3n) is 2.84. The highest BCUT2D eigenvalue weighted by molar-refractivity contribution is 7.99. The van der Waals surface area contributed by atoms with Gasteiger partial charge in [-0.05, 0) is 12.1 Å². The molecule has 20 heavy (non-hydrogen) atoms. The van der Waals surface area contributed by atoms with E-state index < -0.39 is 0 Å². The van der Waals surface area contributed by atoms with Gasteiger partial charge in [-0.2, -0.15) is 0 Å². The molecule has 0 aliphatic heterocycles. The van der Waals surface area contributed by atoms with Crippen LogP contribution in [0.15, 0.2) is 35.9 Å². The van der Waals surface area contributed by atoms with Crippen molar-refractivity contribution < 1.29 is 4.79 Å². The monoisotopic (exact) mass is 290 g/mol. The van der Waals surface area contributed by atoms with E-state index in [-0.39, 0.29) is 5.91 Å². The summed E-state index contributed by atoms with van der Waals surface area (Å²) in [5.74, 6) is -0.0939. The third-order valence-corrected chi connectivity index (χ3v) is 3.91. The van der Waals surface area contributed by atoms with Crippen LogP contribution < -0.4 is 4.90 Å². The van der Waals surface area contributed by atoms with E-state index in [0.29, 0.717) is 10.9 Å². The summed E-state index contributed by atoms with van der Waals surface area (Å²) in [7, 11) is 3.60. The maximum absolute atomic E-state index is 12.5. The van der Waals surface area contributed by atoms with Crippen LogP contribution in [0.3, 0.4) is 0 Å². The van der Waals surface area contributed by atoms with Crippen molar-refractivity contribution in [2.75, 3.05) is 11.9 Å². The highest BCUT2D eigenvalue weighted by Gasteiger charge is 2.19. The minimum Gasteiger partial charge on any atom is -0.318 e. The second kappa shape index (κ2) is 6.09. The molecular formula is C14H18N4OS. The Morgan fingerprint density at radius 2 is 2.15 bits per heavy atom. The number of carbonyl (C=O) groups excluding carboxylic acids is 1. The molecule has 0 saturated heterocycles. The largest absolute Gasteiger partial charge is 0.318 e. The average Bonchev–Trinajstić information content (AvgIpc) is 2.79. The van der Waals surface area contributed by atoms with Crippen LogP contribution in [-0.2, 0) is 7.05 Å². The minimum atomic E-state index is -0.0939. The molecule has 0 saturated carbocycles. The lowest BCUT2D eigenvalue weighted by Crippen LogP contribution is -2.28. The van der Waals surface area contributed by atoms with Crippen molar-refractivity contribution in [3.63, 3.8) is 0 Å². The van der Waals surface area contributed by atoms with Crippen LogP contribution in [0.2, 0.25) is 0 Å². The van der Waals surface area contributed by atoms with Crippen LogP contribution in [0.4, 0.5) is 5.69 Å². The van der Waals surface area contributed by atoms with Crippen LogP contribution in [0, 0.1) is 0 Å². The number of carbonyl (C=O) groups is 1. The van der Waals surface area contributed by atoms with Crippen molar-refractivity contribution in [2.45, 2.75) is 24.3 Å². The van der Waals surface area contributed by atoms with Crippen molar-refractivity contribution in [1.29, 1.82) is 0 Å². The van der Waals surface area contributed by atoms with Crippen LogP contribution >= 0.6 is 11.8 Å². The summed E-state index contributed by atoms with van der Waals surface area (Å²) in [4.78, 5) is 22.4. The predicted octanol–water partition coefficient (Wildman–Crippen LogP) is 2.59. The van der Waals surface area contributed by atoms with E-state index in [0.717, 1.165) is 10.8 Å². The molecule has 2 rings (SSSR count). The second-order valence-corrected chi connectivity index (χ2v) is 6.27. The van der Waals surface area contributed by atoms with Gasteiger partial charge >= 0.3 is 0 Å². The first-order valence-corrected chi connectivity index (χ1v) is 7.25. The molecule has 1 amide bonds. The lowest BCUT2D eigenvalue weighted by Gasteiger charge is -2.17. The Hall–Kier alpha value is -1.82. The summed E-state index contributed by atoms with van der Waals surface area (Å²) in [5, 5.41) is 1.28. The summed E-state index contributed by atoms with van der Waals surface area (Å²) in [5.41, 5.74) is 1.33. The molecule has 0 fully saturated rings. The van der Waals surface area contributed by atoms with E-state index in [2.05, 4.69) is 23.8 Å². The quantitative estimate of drug-likeness (QED) is 0.812. The molecule has 0 spiro atoms. The molecule has 0 aliphatic rings. The zero-order chi connectivity index (χ0) is 14.7. The maximum Gasteiger partial charge on any atom is 0.276 e. The molecule has 0 aromatic carbocycles. The van der Waals surface area contributed by atoms with Gasteiger partial charge in [0.2, 0.25) is 0 Å². The molecule has 0 radical (unpaired) electrons. The zero-order valence-electron chi connectivity index (χ0n) is 12.1. The van der Waals surface area contributed by atoms with Crippen molar-refractivity contribution in [2.24, 2.45) is 7.05 Å². The average molecular weight is 290 g/mol. The summed E-state index contributed by atoms with van der Waals surface area (Å²) in [6.45, 7) is 4.20. The molecule has 0 atom stereocenters. The Morgan fingerprint density at radius 3 is 2.75 bits per heavy atom. The number of anilines is 1. The first-order valence-electron chi connectivity index (χ1n) is 6.37. The summed E-state index contributed by atoms with van der Waals surface area (Å²) < 4.78 is 1.83. The van der Waals surface area contributed by atoms with E-state index in [9.17, 15) is 4.79 Å². The van der Waals surface area contributed by atoms with Crippen LogP contribution in [0.1, 0.15) is 24.3 Å². The molecule has 6 heteroatoms. The predicted molar refractivity (Wildman–Crippen MR) is 81.2 cm³/mol. The molecule has 0 unspecified atom stereocenters. The molecule has 2 heterocycles. The summed E-state index contributed by atoms with van der Waals surface area (Å²) in [6.07, 6.45) is 4.97. The molecule has 106 valence electrons. The van der Waals surface area contributed by atoms with Crippen molar-refractivity contribution in [1.82, 2.24) is 14.5 Å². The number of thioether (sulfide) groups is 1. The molecule has 5 nitrogen and oxygen atoms in total. The standard InChI is InChI=1S/C14H18N4OS/c1-10(2)20-14-16-9-12(18(14)4)13(19)17(3)11-6-5-7-15-8-11/h5-10H,1-4H3. The number of pyridine rings is 1. The Kier molecular flexibility index (Phi) is 4.44. The van der Waals surface area contributed by atoms with Crippen molar-refractivity contribution >= 4 is 23.4 Å². The van der Waals surface area contributed by atoms with Crippen LogP contribution in [-0.4, -0.2) is 32.7 Å². The number of rotatable bonds is 4. The molecule has 2 aromatic heterocycles. The van der Waals surface area contributed by atoms with Gasteiger partial charge < -0.3 is 9.47 Å². The Morgan fingerprint density at radius 1 is 1.40 bits per heavy atom. The second-order valence-electron chi connectivity index (χ2n) is 4.73. The van der Waals surface area contributed by atoms with E-state index in [1.165, 1.54) is 0 Å². The number of amides is 1. The van der Waals surface area contributed by atoms with E-state index in [4.69, 9.17) is 0 Å². The molecule has 2 aromatic rings. The number of nitrogens with zero attached hydrogens (tertiary/aromatic N) is 4. The van der Waals surface area contributed by atoms with E-state index in [1.54, 1.807) is 42.3 Å². The van der Waals surface area contributed by atoms with Crippen molar-refractivity contribution in [3.05, 3.63) is 36.4 Å². The Labute approximate surface area is 123 Å². The fourth-order valence-electron chi connectivity index (χ4n) is 1.75. The molecule has 0 N–H and O–H groups in total. The number of imidazole rings is 1. The molecular weight excluding hydrogens is 272 g/mol. The van der Waals surface area contributed by atoms with Gasteiger partial charge in [0.15, 0.2) is 5.16 Å². The van der Waals surface area contributed by atoms with Gasteiger partial charge in [-0.3, -0.25) is 9.78 Å². The lowest BCUT2D eigenvalue weighted by molar-refractivity contribution is 0.0984. The van der Waals surface area contributed by atoms with Gasteiger partial charge in [-0.15, -0.1) is 0 Å². The third kappa shape index (κ3) is 3.01. The highest BCUT2D eigenvalue weighted by atomic mass is 32.2. The topological polar surface area (TPSA) is 51.0 Å².